The van der Waals surface area contributed by atoms with Gasteiger partial charge < -0.3 is 0 Å². The van der Waals surface area contributed by atoms with Crippen molar-refractivity contribution in [3.05, 3.63) is 71.8 Å². The topological polar surface area (TPSA) is 60.7 Å². The zero-order chi connectivity index (χ0) is 13.9. The van der Waals surface area contributed by atoms with Gasteiger partial charge >= 0.3 is 0 Å². The van der Waals surface area contributed by atoms with Crippen molar-refractivity contribution in [1.82, 2.24) is 20.0 Å². The third-order valence-corrected chi connectivity index (χ3v) is 2.85. The van der Waals surface area contributed by atoms with Crippen molar-refractivity contribution in [3.8, 4) is 5.69 Å². The first-order valence-corrected chi connectivity index (χ1v) is 6.18. The van der Waals surface area contributed by atoms with Gasteiger partial charge in [0.25, 0.3) is 0 Å². The molecule has 3 rings (SSSR count). The standard InChI is InChI=1S/C15H12N4O/c1-11-7-12(9-16-8-11)15(20)14-10-17-19(18-14)13-5-3-2-4-6-13/h2-10H,1H3. The molecule has 0 unspecified atom stereocenters. The van der Waals surface area contributed by atoms with E-state index in [2.05, 4.69) is 15.2 Å². The van der Waals surface area contributed by atoms with Crippen LogP contribution in [-0.2, 0) is 0 Å². The summed E-state index contributed by atoms with van der Waals surface area (Å²) in [6, 6.07) is 11.2. The Bertz CT molecular complexity index is 749. The molecule has 0 spiro atoms. The molecule has 3 aromatic rings. The van der Waals surface area contributed by atoms with E-state index in [9.17, 15) is 4.79 Å². The predicted octanol–water partition coefficient (Wildman–Crippen LogP) is 2.20. The minimum atomic E-state index is -0.177. The molecule has 0 aliphatic carbocycles. The molecule has 2 aromatic heterocycles. The van der Waals surface area contributed by atoms with Crippen LogP contribution < -0.4 is 0 Å². The number of nitrogens with zero attached hydrogens (tertiary/aromatic N) is 4. The van der Waals surface area contributed by atoms with E-state index in [-0.39, 0.29) is 5.78 Å². The molecule has 1 aromatic carbocycles. The normalized spacial score (nSPS) is 10.4. The number of benzene rings is 1. The highest BCUT2D eigenvalue weighted by molar-refractivity contribution is 6.07. The number of para-hydroxylation sites is 1. The highest BCUT2D eigenvalue weighted by Crippen LogP contribution is 2.09. The molecule has 0 saturated carbocycles. The average molecular weight is 264 g/mol. The van der Waals surface area contributed by atoms with Crippen LogP contribution in [0, 0.1) is 6.92 Å². The first-order chi connectivity index (χ1) is 9.74. The number of hydrogen-bond donors (Lipinski definition) is 0. The van der Waals surface area contributed by atoms with Crippen molar-refractivity contribution >= 4 is 5.78 Å². The molecular formula is C15H12N4O. The van der Waals surface area contributed by atoms with Crippen molar-refractivity contribution in [2.24, 2.45) is 0 Å². The second-order valence-corrected chi connectivity index (χ2v) is 4.43. The Morgan fingerprint density at radius 1 is 1.10 bits per heavy atom. The zero-order valence-electron chi connectivity index (χ0n) is 10.9. The van der Waals surface area contributed by atoms with Gasteiger partial charge in [0, 0.05) is 18.0 Å². The largest absolute Gasteiger partial charge is 0.287 e. The number of aryl methyl sites for hydroxylation is 1. The maximum absolute atomic E-state index is 12.3. The van der Waals surface area contributed by atoms with Crippen molar-refractivity contribution in [2.45, 2.75) is 6.92 Å². The number of hydrogen-bond acceptors (Lipinski definition) is 4. The lowest BCUT2D eigenvalue weighted by molar-refractivity contribution is 0.103. The molecule has 2 heterocycles. The van der Waals surface area contributed by atoms with Crippen LogP contribution in [0.25, 0.3) is 5.69 Å². The molecule has 0 radical (unpaired) electrons. The third kappa shape index (κ3) is 2.33. The zero-order valence-corrected chi connectivity index (χ0v) is 10.9. The summed E-state index contributed by atoms with van der Waals surface area (Å²) in [5.74, 6) is -0.177. The minimum absolute atomic E-state index is 0.177. The lowest BCUT2D eigenvalue weighted by Crippen LogP contribution is -2.05. The van der Waals surface area contributed by atoms with Crippen LogP contribution in [0.4, 0.5) is 0 Å². The molecule has 5 nitrogen and oxygen atoms in total. The Balaban J connectivity index is 1.93. The molecule has 0 N–H and O–H groups in total. The van der Waals surface area contributed by atoms with Crippen LogP contribution in [0.5, 0.6) is 0 Å². The highest BCUT2D eigenvalue weighted by atomic mass is 16.1. The molecule has 0 saturated heterocycles. The van der Waals surface area contributed by atoms with Crippen molar-refractivity contribution in [2.75, 3.05) is 0 Å². The van der Waals surface area contributed by atoms with E-state index in [4.69, 9.17) is 0 Å². The molecule has 0 fully saturated rings. The van der Waals surface area contributed by atoms with Crippen LogP contribution in [0.2, 0.25) is 0 Å². The molecule has 5 heteroatoms. The fraction of sp³-hybridized carbons (Fsp3) is 0.0667. The molecule has 0 aliphatic rings. The van der Waals surface area contributed by atoms with Crippen molar-refractivity contribution in [1.29, 1.82) is 0 Å². The van der Waals surface area contributed by atoms with Crippen molar-refractivity contribution < 1.29 is 4.79 Å². The van der Waals surface area contributed by atoms with E-state index in [1.165, 1.54) is 17.2 Å². The quantitative estimate of drug-likeness (QED) is 0.680. The van der Waals surface area contributed by atoms with Gasteiger partial charge in [0.15, 0.2) is 5.69 Å². The van der Waals surface area contributed by atoms with E-state index in [0.717, 1.165) is 11.3 Å². The van der Waals surface area contributed by atoms with Gasteiger partial charge in [-0.15, -0.1) is 5.10 Å². The summed E-state index contributed by atoms with van der Waals surface area (Å²) in [5.41, 5.74) is 2.58. The summed E-state index contributed by atoms with van der Waals surface area (Å²) in [6.07, 6.45) is 4.71. The molecule has 0 amide bonds. The number of pyridine rings is 1. The molecule has 98 valence electrons. The van der Waals surface area contributed by atoms with Gasteiger partial charge in [-0.05, 0) is 30.7 Å². The second-order valence-electron chi connectivity index (χ2n) is 4.43. The van der Waals surface area contributed by atoms with Crippen LogP contribution in [0.1, 0.15) is 21.6 Å². The number of carbonyl (C=O) groups is 1. The number of ketones is 1. The van der Waals surface area contributed by atoms with Crippen LogP contribution in [0.3, 0.4) is 0 Å². The number of rotatable bonds is 3. The fourth-order valence-electron chi connectivity index (χ4n) is 1.88. The van der Waals surface area contributed by atoms with E-state index < -0.39 is 0 Å². The monoisotopic (exact) mass is 264 g/mol. The first kappa shape index (κ1) is 12.2. The summed E-state index contributed by atoms with van der Waals surface area (Å²) < 4.78 is 0. The van der Waals surface area contributed by atoms with Crippen molar-refractivity contribution in [3.63, 3.8) is 0 Å². The third-order valence-electron chi connectivity index (χ3n) is 2.85. The minimum Gasteiger partial charge on any atom is -0.287 e. The van der Waals surface area contributed by atoms with Gasteiger partial charge in [-0.3, -0.25) is 9.78 Å². The van der Waals surface area contributed by atoms with Gasteiger partial charge in [-0.25, -0.2) is 0 Å². The SMILES string of the molecule is Cc1cncc(C(=O)c2cnn(-c3ccccc3)n2)c1. The summed E-state index contributed by atoms with van der Waals surface area (Å²) in [5, 5.41) is 8.33. The summed E-state index contributed by atoms with van der Waals surface area (Å²) >= 11 is 0. The summed E-state index contributed by atoms with van der Waals surface area (Å²) in [7, 11) is 0. The highest BCUT2D eigenvalue weighted by Gasteiger charge is 2.14. The van der Waals surface area contributed by atoms with Gasteiger partial charge in [0.1, 0.15) is 0 Å². The predicted molar refractivity (Wildman–Crippen MR) is 73.8 cm³/mol. The van der Waals surface area contributed by atoms with E-state index >= 15 is 0 Å². The van der Waals surface area contributed by atoms with E-state index in [1.54, 1.807) is 12.3 Å². The Morgan fingerprint density at radius 3 is 2.65 bits per heavy atom. The first-order valence-electron chi connectivity index (χ1n) is 6.18. The Kier molecular flexibility index (Phi) is 3.09. The van der Waals surface area contributed by atoms with Crippen LogP contribution >= 0.6 is 0 Å². The molecule has 20 heavy (non-hydrogen) atoms. The lowest BCUT2D eigenvalue weighted by Gasteiger charge is -1.99. The van der Waals surface area contributed by atoms with Crippen LogP contribution in [0.15, 0.2) is 55.0 Å². The maximum Gasteiger partial charge on any atom is 0.216 e. The molecule has 0 bridgehead atoms. The number of aromatic nitrogens is 4. The smallest absolute Gasteiger partial charge is 0.216 e. The second kappa shape index (κ2) is 5.05. The number of carbonyl (C=O) groups excluding carboxylic acids is 1. The Morgan fingerprint density at radius 2 is 1.90 bits per heavy atom. The van der Waals surface area contributed by atoms with Gasteiger partial charge in [0.05, 0.1) is 11.9 Å². The maximum atomic E-state index is 12.3. The summed E-state index contributed by atoms with van der Waals surface area (Å²) in [6.45, 7) is 1.89. The van der Waals surface area contributed by atoms with Gasteiger partial charge in [0.2, 0.25) is 5.78 Å². The van der Waals surface area contributed by atoms with E-state index in [1.807, 2.05) is 37.3 Å². The van der Waals surface area contributed by atoms with Gasteiger partial charge in [-0.1, -0.05) is 18.2 Å². The van der Waals surface area contributed by atoms with Crippen LogP contribution in [-0.4, -0.2) is 25.8 Å². The molecule has 0 aliphatic heterocycles. The van der Waals surface area contributed by atoms with Gasteiger partial charge in [-0.2, -0.15) is 9.90 Å². The molecule has 0 atom stereocenters. The summed E-state index contributed by atoms with van der Waals surface area (Å²) in [4.78, 5) is 17.7. The average Bonchev–Trinajstić information content (AvgIpc) is 2.97. The Labute approximate surface area is 115 Å². The lowest BCUT2D eigenvalue weighted by atomic mass is 10.1. The Hall–Kier alpha value is -2.82. The molecular weight excluding hydrogens is 252 g/mol. The van der Waals surface area contributed by atoms with E-state index in [0.29, 0.717) is 11.3 Å². The fourth-order valence-corrected chi connectivity index (χ4v) is 1.88.